The van der Waals surface area contributed by atoms with Gasteiger partial charge < -0.3 is 12.3 Å². The summed E-state index contributed by atoms with van der Waals surface area (Å²) in [5, 5.41) is 8.27. The number of aliphatic carboxylic acids is 1. The van der Waals surface area contributed by atoms with Crippen LogP contribution in [-0.4, -0.2) is 29.1 Å². The van der Waals surface area contributed by atoms with Crippen molar-refractivity contribution in [1.29, 1.82) is 0 Å². The Morgan fingerprint density at radius 2 is 2.40 bits per heavy atom. The van der Waals surface area contributed by atoms with Crippen LogP contribution >= 0.6 is 11.8 Å². The SMILES string of the molecule is CSCC[C@@H](N)C(=O)O.[H-].[Na+]. The van der Waals surface area contributed by atoms with Crippen LogP contribution in [0.3, 0.4) is 0 Å². The molecule has 0 fully saturated rings. The van der Waals surface area contributed by atoms with Crippen molar-refractivity contribution in [1.82, 2.24) is 0 Å². The van der Waals surface area contributed by atoms with Gasteiger partial charge in [0.05, 0.1) is 0 Å². The van der Waals surface area contributed by atoms with Gasteiger partial charge in [0, 0.05) is 0 Å². The van der Waals surface area contributed by atoms with Gasteiger partial charge in [0.2, 0.25) is 0 Å². The Morgan fingerprint density at radius 3 is 2.70 bits per heavy atom. The molecule has 0 bridgehead atoms. The quantitative estimate of drug-likeness (QED) is 0.453. The molecule has 0 radical (unpaired) electrons. The van der Waals surface area contributed by atoms with Gasteiger partial charge in [0.15, 0.2) is 0 Å². The van der Waals surface area contributed by atoms with E-state index in [2.05, 4.69) is 0 Å². The zero-order chi connectivity index (χ0) is 7.28. The van der Waals surface area contributed by atoms with Crippen LogP contribution in [0.4, 0.5) is 0 Å². The number of carboxylic acid groups (broad SMARTS) is 1. The maximum absolute atomic E-state index is 10.1. The Morgan fingerprint density at radius 1 is 1.90 bits per heavy atom. The van der Waals surface area contributed by atoms with E-state index in [1.54, 1.807) is 11.8 Å². The van der Waals surface area contributed by atoms with E-state index in [-0.39, 0.29) is 31.0 Å². The smallest absolute Gasteiger partial charge is 1.00 e. The zero-order valence-corrected chi connectivity index (χ0v) is 9.15. The van der Waals surface area contributed by atoms with Crippen molar-refractivity contribution in [2.45, 2.75) is 12.5 Å². The topological polar surface area (TPSA) is 63.3 Å². The van der Waals surface area contributed by atoms with Gasteiger partial charge in [-0.25, -0.2) is 0 Å². The molecule has 0 aliphatic rings. The summed E-state index contributed by atoms with van der Waals surface area (Å²) in [6.07, 6.45) is 2.48. The van der Waals surface area contributed by atoms with Crippen LogP contribution in [0.15, 0.2) is 0 Å². The number of hydrogen-bond donors (Lipinski definition) is 2. The maximum atomic E-state index is 10.1. The fourth-order valence-corrected chi connectivity index (χ4v) is 0.858. The molecule has 10 heavy (non-hydrogen) atoms. The van der Waals surface area contributed by atoms with E-state index in [1.807, 2.05) is 6.26 Å². The van der Waals surface area contributed by atoms with Gasteiger partial charge in [-0.15, -0.1) is 0 Å². The monoisotopic (exact) mass is 173 g/mol. The van der Waals surface area contributed by atoms with E-state index in [1.165, 1.54) is 0 Å². The van der Waals surface area contributed by atoms with Gasteiger partial charge in [-0.05, 0) is 18.4 Å². The zero-order valence-electron chi connectivity index (χ0n) is 7.33. The van der Waals surface area contributed by atoms with Crippen molar-refractivity contribution < 1.29 is 40.9 Å². The summed E-state index contributed by atoms with van der Waals surface area (Å²) in [5.41, 5.74) is 5.19. The van der Waals surface area contributed by atoms with E-state index in [4.69, 9.17) is 10.8 Å². The summed E-state index contributed by atoms with van der Waals surface area (Å²) in [5.74, 6) is -0.1000. The molecule has 0 amide bonds. The minimum Gasteiger partial charge on any atom is -1.00 e. The third-order valence-electron chi connectivity index (χ3n) is 0.950. The Kier molecular flexibility index (Phi) is 10.5. The van der Waals surface area contributed by atoms with Crippen LogP contribution in [0.1, 0.15) is 7.85 Å². The molecule has 5 heteroatoms. The molecule has 3 nitrogen and oxygen atoms in total. The first-order valence-electron chi connectivity index (χ1n) is 2.65. The van der Waals surface area contributed by atoms with Gasteiger partial charge in [0.25, 0.3) is 0 Å². The number of rotatable bonds is 4. The number of thioether (sulfide) groups is 1. The summed E-state index contributed by atoms with van der Waals surface area (Å²) in [6, 6.07) is -0.683. The molecule has 0 saturated carbocycles. The molecule has 0 rings (SSSR count). The normalized spacial score (nSPS) is 11.8. The fraction of sp³-hybridized carbons (Fsp3) is 0.800. The molecular weight excluding hydrogens is 161 g/mol. The van der Waals surface area contributed by atoms with Crippen LogP contribution < -0.4 is 35.3 Å². The maximum Gasteiger partial charge on any atom is 1.00 e. The fourth-order valence-electron chi connectivity index (χ4n) is 0.368. The predicted octanol–water partition coefficient (Wildman–Crippen LogP) is -2.73. The van der Waals surface area contributed by atoms with E-state index < -0.39 is 12.0 Å². The average Bonchev–Trinajstić information content (AvgIpc) is 1.82. The molecular formula is C5H12NNaO2S. The van der Waals surface area contributed by atoms with Gasteiger partial charge >= 0.3 is 35.5 Å². The number of carbonyl (C=O) groups is 1. The van der Waals surface area contributed by atoms with Crippen LogP contribution in [0.5, 0.6) is 0 Å². The number of hydrogen-bond acceptors (Lipinski definition) is 3. The third-order valence-corrected chi connectivity index (χ3v) is 1.59. The minimum atomic E-state index is -0.913. The third kappa shape index (κ3) is 6.89. The van der Waals surface area contributed by atoms with E-state index in [0.29, 0.717) is 6.42 Å². The molecule has 0 heterocycles. The van der Waals surface area contributed by atoms with Crippen molar-refractivity contribution >= 4 is 17.7 Å². The Balaban J connectivity index is -0.000000320. The molecule has 0 saturated heterocycles. The first kappa shape index (κ1) is 13.4. The van der Waals surface area contributed by atoms with Crippen molar-refractivity contribution in [2.75, 3.05) is 12.0 Å². The van der Waals surface area contributed by atoms with Gasteiger partial charge in [-0.2, -0.15) is 11.8 Å². The molecule has 0 aromatic heterocycles. The Bertz CT molecular complexity index is 106. The Hall–Kier alpha value is 0.780. The number of nitrogens with two attached hydrogens (primary N) is 1. The minimum absolute atomic E-state index is 0. The molecule has 1 atom stereocenters. The predicted molar refractivity (Wildman–Crippen MR) is 39.7 cm³/mol. The molecule has 0 aliphatic carbocycles. The van der Waals surface area contributed by atoms with Crippen molar-refractivity contribution in [3.63, 3.8) is 0 Å². The van der Waals surface area contributed by atoms with Crippen LogP contribution in [0.25, 0.3) is 0 Å². The van der Waals surface area contributed by atoms with E-state index in [9.17, 15) is 4.79 Å². The molecule has 0 unspecified atom stereocenters. The summed E-state index contributed by atoms with van der Waals surface area (Å²) in [6.45, 7) is 0. The van der Waals surface area contributed by atoms with Crippen LogP contribution in [0, 0.1) is 0 Å². The van der Waals surface area contributed by atoms with Gasteiger partial charge in [0.1, 0.15) is 6.04 Å². The molecule has 56 valence electrons. The van der Waals surface area contributed by atoms with Crippen LogP contribution in [-0.2, 0) is 4.79 Å². The van der Waals surface area contributed by atoms with Gasteiger partial charge in [-0.1, -0.05) is 0 Å². The molecule has 0 spiro atoms. The second kappa shape index (κ2) is 7.88. The Labute approximate surface area is 88.5 Å². The van der Waals surface area contributed by atoms with Crippen molar-refractivity contribution in [3.8, 4) is 0 Å². The average molecular weight is 173 g/mol. The van der Waals surface area contributed by atoms with Crippen molar-refractivity contribution in [2.24, 2.45) is 5.73 Å². The van der Waals surface area contributed by atoms with Crippen molar-refractivity contribution in [3.05, 3.63) is 0 Å². The first-order chi connectivity index (χ1) is 4.18. The second-order valence-corrected chi connectivity index (χ2v) is 2.71. The second-order valence-electron chi connectivity index (χ2n) is 1.73. The summed E-state index contributed by atoms with van der Waals surface area (Å²) in [7, 11) is 0. The molecule has 3 N–H and O–H groups in total. The molecule has 0 aromatic rings. The molecule has 0 aromatic carbocycles. The molecule has 0 aliphatic heterocycles. The summed E-state index contributed by atoms with van der Waals surface area (Å²) >= 11 is 1.60. The summed E-state index contributed by atoms with van der Waals surface area (Å²) < 4.78 is 0. The van der Waals surface area contributed by atoms with E-state index >= 15 is 0 Å². The van der Waals surface area contributed by atoms with Gasteiger partial charge in [-0.3, -0.25) is 4.79 Å². The number of carboxylic acids is 1. The first-order valence-corrected chi connectivity index (χ1v) is 4.05. The van der Waals surface area contributed by atoms with E-state index in [0.717, 1.165) is 5.75 Å². The summed E-state index contributed by atoms with van der Waals surface area (Å²) in [4.78, 5) is 10.1. The largest absolute Gasteiger partial charge is 1.00 e. The standard InChI is InChI=1S/C5H11NO2S.Na.H/c1-9-3-2-4(6)5(7)8;;/h4H,2-3,6H2,1H3,(H,7,8);;/q;+1;-1/t4-;;/m1../s1. The van der Waals surface area contributed by atoms with Crippen LogP contribution in [0.2, 0.25) is 0 Å².